The third kappa shape index (κ3) is 31.0. The largest absolute Gasteiger partial charge is 0.335 e. The predicted octanol–water partition coefficient (Wildman–Crippen LogP) is 29.7. The number of hydrogen-bond acceptors (Lipinski definition) is 3. The second-order valence-electron chi connectivity index (χ2n) is 46.7. The minimum atomic E-state index is -2.37. The molecule has 0 radical (unpaired) electrons. The topological polar surface area (TPSA) is 27.7 Å². The van der Waals surface area contributed by atoms with E-state index in [0.29, 0.717) is 0 Å². The molecule has 6 aromatic rings. The molecule has 0 aromatic heterocycles. The highest BCUT2D eigenvalue weighted by atomic mass is 31.2. The lowest BCUT2D eigenvalue weighted by molar-refractivity contribution is 0.0937. The van der Waals surface area contributed by atoms with Gasteiger partial charge in [0.2, 0.25) is 0 Å². The van der Waals surface area contributed by atoms with Crippen molar-refractivity contribution in [1.29, 1.82) is 0 Å². The Morgan fingerprint density at radius 2 is 0.301 bits per heavy atom. The average molecular weight is 1420 g/mol. The van der Waals surface area contributed by atoms with Gasteiger partial charge >= 0.3 is 8.60 Å². The third-order valence-corrected chi connectivity index (χ3v) is 19.4. The molecule has 0 heterocycles. The molecule has 0 aliphatic rings. The molecular weight excluding hydrogens is 1270 g/mol. The van der Waals surface area contributed by atoms with Gasteiger partial charge in [-0.15, -0.1) is 0 Å². The standard InChI is InChI=1S/C99H153O3P/c1-88(2,3)55-67-37-43-79(73(49-67)61-94(19,20)21)85(80-44-38-68(56-89(4,5)6)50-74(80)62-95(22,23)24)100-103(101-86(81-45-39-69(57-90(7,8)9)51-75(81)63-96(25,26)27)82-46-40-70(58-91(10,11)12)52-76(82)64-97(28,29)30)102-87(83-47-41-71(59-92(13,14)15)53-77(83)65-98(31,32)33)84-48-42-72(60-93(16,17)18)54-78(84)66-99(34,35)36/h37-54,85-87H,55-66H2,1-36H3. The fraction of sp³-hybridized carbons (Fsp3) is 0.636. The summed E-state index contributed by atoms with van der Waals surface area (Å²) in [5.41, 5.74) is 23.3. The van der Waals surface area contributed by atoms with Crippen molar-refractivity contribution in [2.24, 2.45) is 65.0 Å². The highest BCUT2D eigenvalue weighted by Gasteiger charge is 2.39. The van der Waals surface area contributed by atoms with Gasteiger partial charge < -0.3 is 0 Å². The Kier molecular flexibility index (Phi) is 27.9. The van der Waals surface area contributed by atoms with Gasteiger partial charge in [-0.25, -0.2) is 0 Å². The second-order valence-corrected chi connectivity index (χ2v) is 47.8. The first-order valence-electron chi connectivity index (χ1n) is 39.9. The van der Waals surface area contributed by atoms with Crippen molar-refractivity contribution >= 4 is 8.60 Å². The van der Waals surface area contributed by atoms with Crippen LogP contribution < -0.4 is 0 Å². The van der Waals surface area contributed by atoms with Gasteiger partial charge in [-0.05, 0) is 242 Å². The molecule has 0 bridgehead atoms. The molecule has 0 spiro atoms. The molecule has 103 heavy (non-hydrogen) atoms. The molecule has 0 N–H and O–H groups in total. The van der Waals surface area contributed by atoms with E-state index in [0.717, 1.165) is 77.0 Å². The van der Waals surface area contributed by atoms with E-state index in [1.807, 2.05) is 0 Å². The van der Waals surface area contributed by atoms with E-state index >= 15 is 0 Å². The first-order chi connectivity index (χ1) is 46.4. The molecule has 0 saturated heterocycles. The maximum Gasteiger partial charge on any atom is 0.335 e. The van der Waals surface area contributed by atoms with Gasteiger partial charge in [0, 0.05) is 0 Å². The highest BCUT2D eigenvalue weighted by molar-refractivity contribution is 7.41. The van der Waals surface area contributed by atoms with Crippen LogP contribution in [0.1, 0.15) is 368 Å². The molecule has 572 valence electrons. The molecule has 4 heteroatoms. The number of benzene rings is 6. The Labute approximate surface area is 637 Å². The smallest absolute Gasteiger partial charge is 0.299 e. The van der Waals surface area contributed by atoms with Gasteiger partial charge in [0.25, 0.3) is 0 Å². The van der Waals surface area contributed by atoms with Crippen LogP contribution in [0.4, 0.5) is 0 Å². The van der Waals surface area contributed by atoms with E-state index in [9.17, 15) is 0 Å². The summed E-state index contributed by atoms with van der Waals surface area (Å²) in [5.74, 6) is 0. The lowest BCUT2D eigenvalue weighted by Gasteiger charge is -2.36. The van der Waals surface area contributed by atoms with Gasteiger partial charge in [-0.1, -0.05) is 358 Å². The average Bonchev–Trinajstić information content (AvgIpc) is 0.775. The molecule has 0 atom stereocenters. The lowest BCUT2D eigenvalue weighted by Crippen LogP contribution is -2.21. The van der Waals surface area contributed by atoms with Crippen LogP contribution >= 0.6 is 8.60 Å². The van der Waals surface area contributed by atoms with E-state index in [1.54, 1.807) is 0 Å². The molecule has 0 fully saturated rings. The van der Waals surface area contributed by atoms with E-state index in [2.05, 4.69) is 358 Å². The van der Waals surface area contributed by atoms with Crippen LogP contribution in [-0.2, 0) is 90.6 Å². The van der Waals surface area contributed by atoms with Crippen molar-refractivity contribution < 1.29 is 13.6 Å². The van der Waals surface area contributed by atoms with Gasteiger partial charge in [-0.2, -0.15) is 0 Å². The van der Waals surface area contributed by atoms with Crippen molar-refractivity contribution in [2.75, 3.05) is 0 Å². The van der Waals surface area contributed by atoms with Gasteiger partial charge in [0.05, 0.1) is 0 Å². The molecular formula is C99H153O3P. The van der Waals surface area contributed by atoms with Crippen LogP contribution in [0.2, 0.25) is 0 Å². The first kappa shape index (κ1) is 87.5. The number of hydrogen-bond donors (Lipinski definition) is 0. The minimum absolute atomic E-state index is 0.0468. The van der Waals surface area contributed by atoms with Crippen molar-refractivity contribution in [2.45, 2.75) is 345 Å². The first-order valence-corrected chi connectivity index (χ1v) is 41.0. The Balaban J connectivity index is 1.95. The van der Waals surface area contributed by atoms with Crippen LogP contribution in [-0.4, -0.2) is 0 Å². The minimum Gasteiger partial charge on any atom is -0.299 e. The Morgan fingerprint density at radius 1 is 0.184 bits per heavy atom. The summed E-state index contributed by atoms with van der Waals surface area (Å²) in [6.07, 6.45) is 9.19. The predicted molar refractivity (Wildman–Crippen MR) is 452 cm³/mol. The zero-order valence-corrected chi connectivity index (χ0v) is 74.2. The third-order valence-electron chi connectivity index (χ3n) is 18.2. The van der Waals surface area contributed by atoms with Gasteiger partial charge in [-0.3, -0.25) is 13.6 Å². The monoisotopic (exact) mass is 1420 g/mol. The SMILES string of the molecule is CC(C)(C)Cc1ccc(C(OP(OC(c2ccc(CC(C)(C)C)cc2CC(C)(C)C)c2ccc(CC(C)(C)C)cc2CC(C)(C)C)OC(c2ccc(CC(C)(C)C)cc2CC(C)(C)C)c2ccc(CC(C)(C)C)cc2CC(C)(C)C)c2ccc(CC(C)(C)C)cc2CC(C)(C)C)c(CC(C)(C)C)c1. The van der Waals surface area contributed by atoms with E-state index in [-0.39, 0.29) is 65.0 Å². The zero-order valence-electron chi connectivity index (χ0n) is 73.3. The Bertz CT molecular complexity index is 3110. The molecule has 3 nitrogen and oxygen atoms in total. The maximum absolute atomic E-state index is 8.70. The van der Waals surface area contributed by atoms with Crippen molar-refractivity contribution in [3.8, 4) is 0 Å². The van der Waals surface area contributed by atoms with Crippen molar-refractivity contribution in [3.05, 3.63) is 209 Å². The highest BCUT2D eigenvalue weighted by Crippen LogP contribution is 2.58. The van der Waals surface area contributed by atoms with Crippen LogP contribution in [0, 0.1) is 65.0 Å². The maximum atomic E-state index is 8.70. The van der Waals surface area contributed by atoms with Gasteiger partial charge in [0.1, 0.15) is 18.3 Å². The summed E-state index contributed by atoms with van der Waals surface area (Å²) >= 11 is 0. The summed E-state index contributed by atoms with van der Waals surface area (Å²) in [6, 6.07) is 44.5. The van der Waals surface area contributed by atoms with Crippen LogP contribution in [0.5, 0.6) is 0 Å². The van der Waals surface area contributed by atoms with E-state index in [1.165, 1.54) is 100 Å². The Hall–Kier alpha value is -4.37. The van der Waals surface area contributed by atoms with Crippen LogP contribution in [0.3, 0.4) is 0 Å². The van der Waals surface area contributed by atoms with Crippen molar-refractivity contribution in [1.82, 2.24) is 0 Å². The summed E-state index contributed by atoms with van der Waals surface area (Å²) in [4.78, 5) is 0. The molecule has 6 aromatic carbocycles. The fourth-order valence-corrected chi connectivity index (χ4v) is 16.7. The summed E-state index contributed by atoms with van der Waals surface area (Å²) in [5, 5.41) is 0. The van der Waals surface area contributed by atoms with Crippen LogP contribution in [0.25, 0.3) is 0 Å². The summed E-state index contributed by atoms with van der Waals surface area (Å²) < 4.78 is 26.1. The molecule has 0 aliphatic carbocycles. The molecule has 0 saturated carbocycles. The molecule has 0 unspecified atom stereocenters. The van der Waals surface area contributed by atoms with Crippen molar-refractivity contribution in [3.63, 3.8) is 0 Å². The normalized spacial score (nSPS) is 14.0. The number of rotatable bonds is 24. The lowest BCUT2D eigenvalue weighted by atomic mass is 9.79. The van der Waals surface area contributed by atoms with Crippen LogP contribution in [0.15, 0.2) is 109 Å². The Morgan fingerprint density at radius 3 is 0.408 bits per heavy atom. The summed E-state index contributed by atoms with van der Waals surface area (Å²) in [7, 11) is -2.37. The molecule has 0 aliphatic heterocycles. The summed E-state index contributed by atoms with van der Waals surface area (Å²) in [6.45, 7) is 85.9. The van der Waals surface area contributed by atoms with E-state index < -0.39 is 26.9 Å². The quantitative estimate of drug-likeness (QED) is 0.0565. The van der Waals surface area contributed by atoms with Gasteiger partial charge in [0.15, 0.2) is 0 Å². The second kappa shape index (κ2) is 32.8. The molecule has 6 rings (SSSR count). The fourth-order valence-electron chi connectivity index (χ4n) is 15.3. The molecule has 0 amide bonds. The van der Waals surface area contributed by atoms with E-state index in [4.69, 9.17) is 13.6 Å². The zero-order chi connectivity index (χ0) is 78.0.